The van der Waals surface area contributed by atoms with E-state index in [1.54, 1.807) is 28.9 Å². The van der Waals surface area contributed by atoms with E-state index in [0.717, 1.165) is 22.4 Å². The normalized spacial score (nSPS) is 14.8. The number of benzene rings is 1. The van der Waals surface area contributed by atoms with Crippen LogP contribution in [0.3, 0.4) is 0 Å². The molecule has 0 atom stereocenters. The lowest BCUT2D eigenvalue weighted by Crippen LogP contribution is -2.50. The first kappa shape index (κ1) is 24.8. The molecule has 8 heteroatoms. The third-order valence-corrected chi connectivity index (χ3v) is 6.56. The van der Waals surface area contributed by atoms with Crippen LogP contribution >= 0.6 is 0 Å². The monoisotopic (exact) mass is 479 g/mol. The summed E-state index contributed by atoms with van der Waals surface area (Å²) in [4.78, 5) is 35.0. The van der Waals surface area contributed by atoms with Gasteiger partial charge in [-0.3, -0.25) is 9.59 Å². The Balaban J connectivity index is 1.61. The number of aromatic nitrogens is 3. The van der Waals surface area contributed by atoms with Crippen molar-refractivity contribution in [3.63, 3.8) is 0 Å². The molecule has 35 heavy (non-hydrogen) atoms. The predicted molar refractivity (Wildman–Crippen MR) is 134 cm³/mol. The van der Waals surface area contributed by atoms with Crippen LogP contribution in [-0.2, 0) is 5.54 Å². The van der Waals surface area contributed by atoms with Gasteiger partial charge in [-0.15, -0.1) is 0 Å². The number of carbonyl (C=O) groups is 2. The molecule has 0 spiro atoms. The van der Waals surface area contributed by atoms with Crippen LogP contribution in [0.2, 0.25) is 0 Å². The van der Waals surface area contributed by atoms with Crippen molar-refractivity contribution in [2.75, 3.05) is 26.2 Å². The van der Waals surface area contributed by atoms with Gasteiger partial charge in [-0.1, -0.05) is 19.9 Å². The number of piperazine rings is 1. The van der Waals surface area contributed by atoms with Gasteiger partial charge in [0.15, 0.2) is 5.65 Å². The van der Waals surface area contributed by atoms with Crippen LogP contribution in [0.15, 0.2) is 24.3 Å². The largest absolute Gasteiger partial charge is 0.335 e. The van der Waals surface area contributed by atoms with E-state index >= 15 is 0 Å². The Hall–Kier alpha value is -3.29. The first-order valence-electron chi connectivity index (χ1n) is 12.1. The summed E-state index contributed by atoms with van der Waals surface area (Å²) < 4.78 is 15.9. The lowest BCUT2D eigenvalue weighted by Gasteiger charge is -2.35. The Morgan fingerprint density at radius 3 is 2.11 bits per heavy atom. The highest BCUT2D eigenvalue weighted by Gasteiger charge is 2.30. The van der Waals surface area contributed by atoms with Gasteiger partial charge in [-0.05, 0) is 64.3 Å². The lowest BCUT2D eigenvalue weighted by atomic mass is 10.0. The molecular formula is C27H34FN5O2. The van der Waals surface area contributed by atoms with E-state index < -0.39 is 5.82 Å². The molecule has 7 nitrogen and oxygen atoms in total. The van der Waals surface area contributed by atoms with Crippen LogP contribution in [0.4, 0.5) is 4.39 Å². The number of nitrogens with zero attached hydrogens (tertiary/aromatic N) is 5. The molecule has 1 fully saturated rings. The quantitative estimate of drug-likeness (QED) is 0.548. The molecule has 0 saturated carbocycles. The van der Waals surface area contributed by atoms with Crippen LogP contribution in [0, 0.1) is 19.7 Å². The maximum Gasteiger partial charge on any atom is 0.254 e. The van der Waals surface area contributed by atoms with Crippen LogP contribution < -0.4 is 0 Å². The van der Waals surface area contributed by atoms with Crippen molar-refractivity contribution in [3.05, 3.63) is 58.2 Å². The predicted octanol–water partition coefficient (Wildman–Crippen LogP) is 4.66. The third-order valence-electron chi connectivity index (χ3n) is 6.56. The van der Waals surface area contributed by atoms with Crippen molar-refractivity contribution in [1.82, 2.24) is 24.6 Å². The van der Waals surface area contributed by atoms with E-state index in [-0.39, 0.29) is 23.3 Å². The van der Waals surface area contributed by atoms with E-state index in [4.69, 9.17) is 10.1 Å². The van der Waals surface area contributed by atoms with Gasteiger partial charge in [0, 0.05) is 37.4 Å². The molecule has 3 heterocycles. The van der Waals surface area contributed by atoms with E-state index in [0.29, 0.717) is 42.9 Å². The van der Waals surface area contributed by atoms with Gasteiger partial charge in [0.25, 0.3) is 11.8 Å². The molecule has 3 aromatic rings. The fourth-order valence-corrected chi connectivity index (χ4v) is 4.43. The average Bonchev–Trinajstić information content (AvgIpc) is 3.16. The zero-order chi connectivity index (χ0) is 25.7. The number of carbonyl (C=O) groups excluding carboxylic acids is 2. The number of amides is 2. The van der Waals surface area contributed by atoms with Crippen LogP contribution in [0.1, 0.15) is 78.2 Å². The van der Waals surface area contributed by atoms with Crippen molar-refractivity contribution in [2.24, 2.45) is 0 Å². The van der Waals surface area contributed by atoms with Gasteiger partial charge < -0.3 is 9.80 Å². The number of pyridine rings is 1. The van der Waals surface area contributed by atoms with Crippen molar-refractivity contribution >= 4 is 22.8 Å². The van der Waals surface area contributed by atoms with Crippen LogP contribution in [0.5, 0.6) is 0 Å². The first-order valence-corrected chi connectivity index (χ1v) is 12.1. The van der Waals surface area contributed by atoms with Gasteiger partial charge in [-0.25, -0.2) is 14.1 Å². The smallest absolute Gasteiger partial charge is 0.254 e. The van der Waals surface area contributed by atoms with Crippen LogP contribution in [0.25, 0.3) is 11.0 Å². The summed E-state index contributed by atoms with van der Waals surface area (Å²) in [6.45, 7) is 15.5. The van der Waals surface area contributed by atoms with E-state index in [1.807, 2.05) is 17.7 Å². The fourth-order valence-electron chi connectivity index (χ4n) is 4.43. The molecule has 0 bridgehead atoms. The maximum atomic E-state index is 14.0. The molecule has 0 aliphatic carbocycles. The van der Waals surface area contributed by atoms with E-state index in [1.165, 1.54) is 6.07 Å². The molecule has 0 N–H and O–H groups in total. The number of hydrogen-bond donors (Lipinski definition) is 0. The van der Waals surface area contributed by atoms with Crippen LogP contribution in [-0.4, -0.2) is 62.6 Å². The topological polar surface area (TPSA) is 71.3 Å². The lowest BCUT2D eigenvalue weighted by molar-refractivity contribution is 0.0536. The van der Waals surface area contributed by atoms with Gasteiger partial charge in [-0.2, -0.15) is 5.10 Å². The molecule has 4 rings (SSSR count). The fraction of sp³-hybridized carbons (Fsp3) is 0.481. The molecule has 0 unspecified atom stereocenters. The zero-order valence-corrected chi connectivity index (χ0v) is 21.6. The summed E-state index contributed by atoms with van der Waals surface area (Å²) >= 11 is 0. The Labute approximate surface area is 205 Å². The van der Waals surface area contributed by atoms with Gasteiger partial charge in [0.05, 0.1) is 22.2 Å². The number of rotatable bonds is 3. The van der Waals surface area contributed by atoms with Gasteiger partial charge in [0.1, 0.15) is 5.82 Å². The molecule has 2 aromatic heterocycles. The first-order chi connectivity index (χ1) is 16.4. The molecular weight excluding hydrogens is 445 g/mol. The zero-order valence-electron chi connectivity index (χ0n) is 21.6. The van der Waals surface area contributed by atoms with Crippen molar-refractivity contribution < 1.29 is 14.0 Å². The summed E-state index contributed by atoms with van der Waals surface area (Å²) in [6.07, 6.45) is 0. The Kier molecular flexibility index (Phi) is 6.42. The summed E-state index contributed by atoms with van der Waals surface area (Å²) in [6, 6.07) is 6.44. The average molecular weight is 480 g/mol. The Morgan fingerprint density at radius 1 is 0.971 bits per heavy atom. The van der Waals surface area contributed by atoms with Gasteiger partial charge >= 0.3 is 0 Å². The standard InChI is InChI=1S/C27H34FN5O2/c1-16(2)22-15-20(23-18(4)30-33(24(23)29-22)27(5,6)7)26(35)32-12-10-31(11-13-32)25(34)19-9-8-17(3)21(28)14-19/h8-9,14-16H,10-13H2,1-7H3. The molecule has 0 radical (unpaired) electrons. The SMILES string of the molecule is Cc1ccc(C(=O)N2CCN(C(=O)c3cc(C(C)C)nc4c3c(C)nn4C(C)(C)C)CC2)cc1F. The number of halogens is 1. The van der Waals surface area contributed by atoms with Crippen molar-refractivity contribution in [3.8, 4) is 0 Å². The molecule has 1 aromatic carbocycles. The number of aryl methyl sites for hydroxylation is 2. The van der Waals surface area contributed by atoms with Crippen molar-refractivity contribution in [2.45, 2.75) is 59.9 Å². The minimum absolute atomic E-state index is 0.0793. The number of hydrogen-bond acceptors (Lipinski definition) is 4. The Morgan fingerprint density at radius 2 is 1.57 bits per heavy atom. The number of fused-ring (bicyclic) bond motifs is 1. The minimum Gasteiger partial charge on any atom is -0.335 e. The van der Waals surface area contributed by atoms with E-state index in [9.17, 15) is 14.0 Å². The third kappa shape index (κ3) is 4.66. The van der Waals surface area contributed by atoms with E-state index in [2.05, 4.69) is 34.6 Å². The highest BCUT2D eigenvalue weighted by molar-refractivity contribution is 6.06. The highest BCUT2D eigenvalue weighted by atomic mass is 19.1. The van der Waals surface area contributed by atoms with Crippen molar-refractivity contribution in [1.29, 1.82) is 0 Å². The molecule has 1 aliphatic rings. The highest BCUT2D eigenvalue weighted by Crippen LogP contribution is 2.30. The second-order valence-electron chi connectivity index (χ2n) is 10.7. The Bertz CT molecular complexity index is 1300. The molecule has 1 aliphatic heterocycles. The summed E-state index contributed by atoms with van der Waals surface area (Å²) in [5.41, 5.74) is 3.50. The van der Waals surface area contributed by atoms with Gasteiger partial charge in [0.2, 0.25) is 0 Å². The summed E-state index contributed by atoms with van der Waals surface area (Å²) in [5.74, 6) is -0.534. The minimum atomic E-state index is -0.390. The second-order valence-corrected chi connectivity index (χ2v) is 10.7. The second kappa shape index (κ2) is 9.06. The maximum absolute atomic E-state index is 14.0. The summed E-state index contributed by atoms with van der Waals surface area (Å²) in [7, 11) is 0. The molecule has 1 saturated heterocycles. The molecule has 186 valence electrons. The summed E-state index contributed by atoms with van der Waals surface area (Å²) in [5, 5.41) is 5.51. The molecule has 2 amide bonds.